The van der Waals surface area contributed by atoms with Gasteiger partial charge in [-0.05, 0) is 68.4 Å². The van der Waals surface area contributed by atoms with E-state index < -0.39 is 0 Å². The van der Waals surface area contributed by atoms with Crippen LogP contribution in [-0.2, 0) is 4.74 Å². The molecular weight excluding hydrogens is 394 g/mol. The van der Waals surface area contributed by atoms with Crippen molar-refractivity contribution < 1.29 is 4.74 Å². The first kappa shape index (κ1) is 20.5. The number of pyridine rings is 2. The fraction of sp³-hybridized carbons (Fsp3) is 0.348. The average molecular weight is 422 g/mol. The van der Waals surface area contributed by atoms with Crippen LogP contribution in [0.1, 0.15) is 40.3 Å². The maximum atomic E-state index is 5.71. The minimum Gasteiger partial charge on any atom is -0.383 e. The van der Waals surface area contributed by atoms with Crippen LogP contribution in [-0.4, -0.2) is 44.8 Å². The maximum absolute atomic E-state index is 5.71. The van der Waals surface area contributed by atoms with Crippen LogP contribution in [0.5, 0.6) is 0 Å². The van der Waals surface area contributed by atoms with Crippen molar-refractivity contribution in [3.63, 3.8) is 0 Å². The predicted octanol–water partition coefficient (Wildman–Crippen LogP) is 3.81. The highest BCUT2D eigenvalue weighted by molar-refractivity contribution is 7.80. The average Bonchev–Trinajstić information content (AvgIpc) is 3.23. The highest BCUT2D eigenvalue weighted by Crippen LogP contribution is 2.41. The van der Waals surface area contributed by atoms with Gasteiger partial charge in [0, 0.05) is 37.4 Å². The van der Waals surface area contributed by atoms with E-state index in [0.717, 1.165) is 33.6 Å². The van der Waals surface area contributed by atoms with Crippen molar-refractivity contribution in [2.75, 3.05) is 20.3 Å². The number of methoxy groups -OCH3 is 1. The van der Waals surface area contributed by atoms with Crippen molar-refractivity contribution in [1.82, 2.24) is 24.8 Å². The lowest BCUT2D eigenvalue weighted by Crippen LogP contribution is -2.32. The number of rotatable bonds is 6. The molecule has 1 fully saturated rings. The van der Waals surface area contributed by atoms with E-state index in [1.54, 1.807) is 7.11 Å². The maximum Gasteiger partial charge on any atom is 0.170 e. The van der Waals surface area contributed by atoms with Gasteiger partial charge >= 0.3 is 0 Å². The van der Waals surface area contributed by atoms with E-state index in [9.17, 15) is 0 Å². The largest absolute Gasteiger partial charge is 0.383 e. The van der Waals surface area contributed by atoms with Gasteiger partial charge in [0.25, 0.3) is 0 Å². The van der Waals surface area contributed by atoms with Crippen molar-refractivity contribution >= 4 is 17.3 Å². The van der Waals surface area contributed by atoms with Gasteiger partial charge in [-0.25, -0.2) is 4.98 Å². The zero-order chi connectivity index (χ0) is 21.3. The Morgan fingerprint density at radius 3 is 2.63 bits per heavy atom. The molecule has 1 N–H and O–H groups in total. The molecule has 0 saturated carbocycles. The molecule has 156 valence electrons. The van der Waals surface area contributed by atoms with Crippen LogP contribution in [0, 0.1) is 20.8 Å². The number of thiocarbonyl (C=S) groups is 1. The fourth-order valence-corrected chi connectivity index (χ4v) is 4.54. The highest BCUT2D eigenvalue weighted by atomic mass is 32.1. The van der Waals surface area contributed by atoms with Crippen LogP contribution in [0.3, 0.4) is 0 Å². The monoisotopic (exact) mass is 421 g/mol. The zero-order valence-corrected chi connectivity index (χ0v) is 18.6. The van der Waals surface area contributed by atoms with E-state index >= 15 is 0 Å². The molecule has 6 nitrogen and oxygen atoms in total. The van der Waals surface area contributed by atoms with Gasteiger partial charge in [0.05, 0.1) is 24.4 Å². The molecule has 3 aromatic rings. The normalized spacial score (nSPS) is 18.7. The molecule has 0 spiro atoms. The zero-order valence-electron chi connectivity index (χ0n) is 17.8. The Morgan fingerprint density at radius 2 is 1.97 bits per heavy atom. The topological polar surface area (TPSA) is 55.2 Å². The van der Waals surface area contributed by atoms with Crippen molar-refractivity contribution in [2.45, 2.75) is 32.9 Å². The molecule has 2 unspecified atom stereocenters. The van der Waals surface area contributed by atoms with Crippen molar-refractivity contribution in [2.24, 2.45) is 0 Å². The third kappa shape index (κ3) is 3.70. The lowest BCUT2D eigenvalue weighted by Gasteiger charge is -2.28. The van der Waals surface area contributed by atoms with Crippen molar-refractivity contribution in [3.05, 3.63) is 77.0 Å². The van der Waals surface area contributed by atoms with Crippen molar-refractivity contribution in [3.8, 4) is 5.82 Å². The summed E-state index contributed by atoms with van der Waals surface area (Å²) in [5, 5.41) is 4.22. The molecule has 30 heavy (non-hydrogen) atoms. The van der Waals surface area contributed by atoms with Crippen LogP contribution in [0.25, 0.3) is 5.82 Å². The number of ether oxygens (including phenoxy) is 1. The second kappa shape index (κ2) is 8.53. The molecule has 4 heterocycles. The predicted molar refractivity (Wildman–Crippen MR) is 122 cm³/mol. The summed E-state index contributed by atoms with van der Waals surface area (Å²) >= 11 is 5.71. The van der Waals surface area contributed by atoms with E-state index in [2.05, 4.69) is 56.8 Å². The lowest BCUT2D eigenvalue weighted by atomic mass is 9.97. The third-order valence-electron chi connectivity index (χ3n) is 5.65. The molecular formula is C23H27N5OS. The van der Waals surface area contributed by atoms with Gasteiger partial charge in [0.2, 0.25) is 0 Å². The number of hydrogen-bond donors (Lipinski definition) is 1. The van der Waals surface area contributed by atoms with Crippen LogP contribution in [0.4, 0.5) is 0 Å². The second-order valence-electron chi connectivity index (χ2n) is 7.67. The summed E-state index contributed by atoms with van der Waals surface area (Å²) in [6.07, 6.45) is 3.73. The second-order valence-corrected chi connectivity index (χ2v) is 8.06. The number of nitrogens with one attached hydrogen (secondary N) is 1. The number of aromatic nitrogens is 3. The minimum atomic E-state index is -0.0320. The minimum absolute atomic E-state index is 0.0212. The number of hydrogen-bond acceptors (Lipinski definition) is 4. The lowest BCUT2D eigenvalue weighted by molar-refractivity contribution is 0.164. The summed E-state index contributed by atoms with van der Waals surface area (Å²) in [4.78, 5) is 11.5. The molecule has 3 aromatic heterocycles. The Balaban J connectivity index is 1.81. The van der Waals surface area contributed by atoms with E-state index in [1.807, 2.05) is 37.5 Å². The first-order chi connectivity index (χ1) is 14.5. The summed E-state index contributed by atoms with van der Waals surface area (Å²) in [6, 6.07) is 12.4. The summed E-state index contributed by atoms with van der Waals surface area (Å²) in [7, 11) is 1.72. The molecule has 7 heteroatoms. The fourth-order valence-electron chi connectivity index (χ4n) is 4.21. The van der Waals surface area contributed by atoms with Gasteiger partial charge in [0.15, 0.2) is 5.11 Å². The quantitative estimate of drug-likeness (QED) is 0.611. The molecule has 0 aromatic carbocycles. The van der Waals surface area contributed by atoms with Gasteiger partial charge in [-0.1, -0.05) is 12.1 Å². The molecule has 0 aliphatic carbocycles. The van der Waals surface area contributed by atoms with Gasteiger partial charge in [-0.15, -0.1) is 0 Å². The third-order valence-corrected chi connectivity index (χ3v) is 6.00. The Hall–Kier alpha value is -2.77. The van der Waals surface area contributed by atoms with E-state index in [4.69, 9.17) is 17.0 Å². The van der Waals surface area contributed by atoms with E-state index in [-0.39, 0.29) is 12.1 Å². The molecule has 0 amide bonds. The number of aryl methyl sites for hydroxylation is 2. The Bertz CT molecular complexity index is 1030. The van der Waals surface area contributed by atoms with Crippen LogP contribution in [0.15, 0.2) is 48.8 Å². The van der Waals surface area contributed by atoms with Gasteiger partial charge in [-0.3, -0.25) is 4.98 Å². The Labute approximate surface area is 182 Å². The smallest absolute Gasteiger partial charge is 0.170 e. The van der Waals surface area contributed by atoms with Crippen LogP contribution < -0.4 is 5.32 Å². The Kier molecular flexibility index (Phi) is 5.83. The standard InChI is InChI=1S/C23H27N5OS/c1-15-8-9-20(25-14-15)28-16(2)13-18(17(28)3)22-21(19-7-5-6-10-24-19)26-23(30)27(22)11-12-29-4/h5-10,13-14,21-22H,11-12H2,1-4H3,(H,26,30). The molecule has 4 rings (SSSR count). The van der Waals surface area contributed by atoms with E-state index in [0.29, 0.717) is 13.2 Å². The van der Waals surface area contributed by atoms with Gasteiger partial charge in [0.1, 0.15) is 5.82 Å². The first-order valence-electron chi connectivity index (χ1n) is 10.1. The molecule has 1 saturated heterocycles. The van der Waals surface area contributed by atoms with E-state index in [1.165, 1.54) is 5.56 Å². The molecule has 0 bridgehead atoms. The molecule has 0 radical (unpaired) electrons. The van der Waals surface area contributed by atoms with Gasteiger partial charge in [-0.2, -0.15) is 0 Å². The van der Waals surface area contributed by atoms with Crippen LogP contribution in [0.2, 0.25) is 0 Å². The summed E-state index contributed by atoms with van der Waals surface area (Å²) in [5.74, 6) is 0.924. The highest BCUT2D eigenvalue weighted by Gasteiger charge is 2.41. The number of nitrogens with zero attached hydrogens (tertiary/aromatic N) is 4. The molecule has 1 aliphatic rings. The SMILES string of the molecule is COCCN1C(=S)NC(c2ccccn2)C1c1cc(C)n(-c2ccc(C)cn2)c1C. The summed E-state index contributed by atoms with van der Waals surface area (Å²) < 4.78 is 7.57. The summed E-state index contributed by atoms with van der Waals surface area (Å²) in [5.41, 5.74) is 5.64. The summed E-state index contributed by atoms with van der Waals surface area (Å²) in [6.45, 7) is 7.63. The molecule has 2 atom stereocenters. The molecule has 1 aliphatic heterocycles. The Morgan fingerprint density at radius 1 is 1.13 bits per heavy atom. The first-order valence-corrected chi connectivity index (χ1v) is 10.5. The van der Waals surface area contributed by atoms with Gasteiger partial charge < -0.3 is 19.5 Å². The van der Waals surface area contributed by atoms with Crippen molar-refractivity contribution in [1.29, 1.82) is 0 Å². The van der Waals surface area contributed by atoms with Crippen LogP contribution >= 0.6 is 12.2 Å².